The molecule has 0 aromatic heterocycles. The molecule has 3 unspecified atom stereocenters. The summed E-state index contributed by atoms with van der Waals surface area (Å²) in [6.45, 7) is 3.70. The van der Waals surface area contributed by atoms with Gasteiger partial charge in [0, 0.05) is 5.92 Å². The molecule has 1 fully saturated rings. The largest absolute Gasteiger partial charge is 0.497 e. The van der Waals surface area contributed by atoms with Gasteiger partial charge >= 0.3 is 0 Å². The zero-order chi connectivity index (χ0) is 9.97. The summed E-state index contributed by atoms with van der Waals surface area (Å²) in [5.74, 6) is 1.42. The van der Waals surface area contributed by atoms with Crippen molar-refractivity contribution < 1.29 is 9.47 Å². The van der Waals surface area contributed by atoms with E-state index >= 15 is 0 Å². The third kappa shape index (κ3) is 2.10. The quantitative estimate of drug-likeness (QED) is 0.728. The van der Waals surface area contributed by atoms with E-state index in [0.717, 1.165) is 38.2 Å². The molecular formula is C11H19NO2. The van der Waals surface area contributed by atoms with E-state index < -0.39 is 0 Å². The number of rotatable bonds is 2. The van der Waals surface area contributed by atoms with E-state index in [1.807, 2.05) is 0 Å². The van der Waals surface area contributed by atoms with Crippen molar-refractivity contribution in [3.63, 3.8) is 0 Å². The highest BCUT2D eigenvalue weighted by Gasteiger charge is 2.30. The summed E-state index contributed by atoms with van der Waals surface area (Å²) in [6.07, 6.45) is 5.77. The van der Waals surface area contributed by atoms with Gasteiger partial charge in [-0.1, -0.05) is 0 Å². The Hall–Kier alpha value is -0.540. The van der Waals surface area contributed by atoms with Crippen LogP contribution in [-0.2, 0) is 9.47 Å². The van der Waals surface area contributed by atoms with Crippen molar-refractivity contribution in [2.45, 2.75) is 38.3 Å². The highest BCUT2D eigenvalue weighted by Crippen LogP contribution is 2.26. The van der Waals surface area contributed by atoms with Gasteiger partial charge in [-0.15, -0.1) is 0 Å². The number of hydrogen-bond donors (Lipinski definition) is 1. The van der Waals surface area contributed by atoms with Crippen molar-refractivity contribution in [1.82, 2.24) is 0 Å². The van der Waals surface area contributed by atoms with Crippen LogP contribution in [0.1, 0.15) is 26.2 Å². The predicted molar refractivity (Wildman–Crippen MR) is 54.8 cm³/mol. The Bertz CT molecular complexity index is 227. The van der Waals surface area contributed by atoms with Crippen LogP contribution in [-0.4, -0.2) is 25.4 Å². The van der Waals surface area contributed by atoms with Crippen molar-refractivity contribution in [3.05, 3.63) is 11.8 Å². The second kappa shape index (κ2) is 4.32. The molecule has 0 aromatic carbocycles. The first kappa shape index (κ1) is 9.99. The molecule has 2 heterocycles. The van der Waals surface area contributed by atoms with E-state index in [9.17, 15) is 0 Å². The van der Waals surface area contributed by atoms with Crippen molar-refractivity contribution in [3.8, 4) is 0 Å². The Morgan fingerprint density at radius 2 is 2.43 bits per heavy atom. The zero-order valence-electron chi connectivity index (χ0n) is 8.74. The van der Waals surface area contributed by atoms with E-state index in [4.69, 9.17) is 15.2 Å². The Kier molecular flexibility index (Phi) is 3.08. The highest BCUT2D eigenvalue weighted by molar-refractivity contribution is 5.07. The minimum Gasteiger partial charge on any atom is -0.497 e. The van der Waals surface area contributed by atoms with Gasteiger partial charge in [-0.2, -0.15) is 0 Å². The molecule has 0 aromatic rings. The molecule has 3 heteroatoms. The van der Waals surface area contributed by atoms with Crippen LogP contribution in [0.3, 0.4) is 0 Å². The molecule has 3 nitrogen and oxygen atoms in total. The molecule has 0 radical (unpaired) electrons. The fourth-order valence-electron chi connectivity index (χ4n) is 2.14. The van der Waals surface area contributed by atoms with Crippen molar-refractivity contribution in [2.75, 3.05) is 13.2 Å². The summed E-state index contributed by atoms with van der Waals surface area (Å²) in [6, 6.07) is 0.0419. The Morgan fingerprint density at radius 3 is 3.00 bits per heavy atom. The third-order valence-corrected chi connectivity index (χ3v) is 3.03. The molecule has 2 aliphatic rings. The maximum atomic E-state index is 6.14. The van der Waals surface area contributed by atoms with Gasteiger partial charge in [-0.05, 0) is 32.3 Å². The van der Waals surface area contributed by atoms with E-state index in [1.165, 1.54) is 0 Å². The lowest BCUT2D eigenvalue weighted by Crippen LogP contribution is -2.34. The van der Waals surface area contributed by atoms with E-state index in [0.29, 0.717) is 12.0 Å². The molecular weight excluding hydrogens is 178 g/mol. The zero-order valence-corrected chi connectivity index (χ0v) is 8.74. The summed E-state index contributed by atoms with van der Waals surface area (Å²) in [7, 11) is 0. The van der Waals surface area contributed by atoms with E-state index in [2.05, 4.69) is 13.0 Å². The molecule has 14 heavy (non-hydrogen) atoms. The molecule has 3 atom stereocenters. The molecule has 0 bridgehead atoms. The third-order valence-electron chi connectivity index (χ3n) is 3.03. The summed E-state index contributed by atoms with van der Waals surface area (Å²) in [5.41, 5.74) is 6.14. The second-order valence-electron chi connectivity index (χ2n) is 4.26. The van der Waals surface area contributed by atoms with Gasteiger partial charge in [0.25, 0.3) is 0 Å². The molecule has 2 rings (SSSR count). The fourth-order valence-corrected chi connectivity index (χ4v) is 2.14. The topological polar surface area (TPSA) is 44.5 Å². The van der Waals surface area contributed by atoms with Crippen LogP contribution in [0, 0.1) is 5.92 Å². The van der Waals surface area contributed by atoms with Crippen LogP contribution >= 0.6 is 0 Å². The van der Waals surface area contributed by atoms with Gasteiger partial charge in [-0.25, -0.2) is 0 Å². The summed E-state index contributed by atoms with van der Waals surface area (Å²) in [4.78, 5) is 0. The van der Waals surface area contributed by atoms with Crippen molar-refractivity contribution in [1.29, 1.82) is 0 Å². The first-order chi connectivity index (χ1) is 6.77. The maximum Gasteiger partial charge on any atom is 0.109 e. The lowest BCUT2D eigenvalue weighted by atomic mass is 9.95. The summed E-state index contributed by atoms with van der Waals surface area (Å²) >= 11 is 0. The van der Waals surface area contributed by atoms with Crippen molar-refractivity contribution >= 4 is 0 Å². The first-order valence-corrected chi connectivity index (χ1v) is 5.47. The van der Waals surface area contributed by atoms with Gasteiger partial charge < -0.3 is 15.2 Å². The normalized spacial score (nSPS) is 34.9. The smallest absolute Gasteiger partial charge is 0.109 e. The standard InChI is InChI=1S/C11H19NO2/c1-8-6-9(7-14-8)11(12)10-4-2-3-5-13-10/h4,8-9,11H,2-3,5-7,12H2,1H3. The Labute approximate surface area is 85.3 Å². The van der Waals surface area contributed by atoms with Crippen LogP contribution < -0.4 is 5.73 Å². The van der Waals surface area contributed by atoms with Gasteiger partial charge in [0.1, 0.15) is 5.76 Å². The summed E-state index contributed by atoms with van der Waals surface area (Å²) in [5, 5.41) is 0. The second-order valence-corrected chi connectivity index (χ2v) is 4.26. The van der Waals surface area contributed by atoms with Crippen LogP contribution in [0.5, 0.6) is 0 Å². The van der Waals surface area contributed by atoms with Crippen molar-refractivity contribution in [2.24, 2.45) is 11.7 Å². The highest BCUT2D eigenvalue weighted by atomic mass is 16.5. The average molecular weight is 197 g/mol. The molecule has 0 spiro atoms. The minimum atomic E-state index is 0.0419. The van der Waals surface area contributed by atoms with Crippen LogP contribution in [0.15, 0.2) is 11.8 Å². The molecule has 0 amide bonds. The van der Waals surface area contributed by atoms with Gasteiger partial charge in [0.15, 0.2) is 0 Å². The molecule has 0 saturated carbocycles. The van der Waals surface area contributed by atoms with E-state index in [-0.39, 0.29) is 6.04 Å². The molecule has 1 saturated heterocycles. The lowest BCUT2D eigenvalue weighted by molar-refractivity contribution is 0.113. The molecule has 80 valence electrons. The van der Waals surface area contributed by atoms with E-state index in [1.54, 1.807) is 0 Å². The van der Waals surface area contributed by atoms with Gasteiger partial charge in [0.05, 0.1) is 25.4 Å². The predicted octanol–water partition coefficient (Wildman–Crippen LogP) is 1.43. The molecule has 2 aliphatic heterocycles. The lowest BCUT2D eigenvalue weighted by Gasteiger charge is -2.24. The van der Waals surface area contributed by atoms with Crippen LogP contribution in [0.2, 0.25) is 0 Å². The van der Waals surface area contributed by atoms with Crippen LogP contribution in [0.4, 0.5) is 0 Å². The SMILES string of the molecule is CC1CC(C(N)C2=CCCCO2)CO1. The minimum absolute atomic E-state index is 0.0419. The van der Waals surface area contributed by atoms with Gasteiger partial charge in [0.2, 0.25) is 0 Å². The number of ether oxygens (including phenoxy) is 2. The number of allylic oxidation sites excluding steroid dienone is 1. The number of nitrogens with two attached hydrogens (primary N) is 1. The summed E-state index contributed by atoms with van der Waals surface area (Å²) < 4.78 is 11.1. The monoisotopic (exact) mass is 197 g/mol. The van der Waals surface area contributed by atoms with Gasteiger partial charge in [-0.3, -0.25) is 0 Å². The van der Waals surface area contributed by atoms with Crippen LogP contribution in [0.25, 0.3) is 0 Å². The Balaban J connectivity index is 1.93. The molecule has 0 aliphatic carbocycles. The molecule has 2 N–H and O–H groups in total. The first-order valence-electron chi connectivity index (χ1n) is 5.47. The fraction of sp³-hybridized carbons (Fsp3) is 0.818. The average Bonchev–Trinajstić information content (AvgIpc) is 2.65. The maximum absolute atomic E-state index is 6.14. The number of hydrogen-bond acceptors (Lipinski definition) is 3. The Morgan fingerprint density at radius 1 is 1.57 bits per heavy atom.